The molecule has 0 fully saturated rings. The highest BCUT2D eigenvalue weighted by Crippen LogP contribution is 2.32. The topological polar surface area (TPSA) is 85.9 Å². The van der Waals surface area contributed by atoms with E-state index in [2.05, 4.69) is 43.8 Å². The molecule has 0 bridgehead atoms. The lowest BCUT2D eigenvalue weighted by molar-refractivity contribution is -0.117. The number of nitriles is 2. The first-order chi connectivity index (χ1) is 10.4. The van der Waals surface area contributed by atoms with Crippen molar-refractivity contribution in [1.29, 1.82) is 10.5 Å². The third-order valence-electron chi connectivity index (χ3n) is 2.40. The van der Waals surface area contributed by atoms with Crippen LogP contribution in [0.15, 0.2) is 22.2 Å². The first-order valence-electron chi connectivity index (χ1n) is 6.30. The van der Waals surface area contributed by atoms with Gasteiger partial charge in [-0.3, -0.25) is 4.79 Å². The summed E-state index contributed by atoms with van der Waals surface area (Å²) >= 11 is 5.44. The molecule has 1 amide bonds. The zero-order valence-corrected chi connectivity index (χ0v) is 15.7. The van der Waals surface area contributed by atoms with Gasteiger partial charge in [-0.25, -0.2) is 0 Å². The average Bonchev–Trinajstić information content (AvgIpc) is 2.43. The maximum Gasteiger partial charge on any atom is 0.262 e. The number of benzene rings is 1. The molecule has 1 N–H and O–H groups in total. The Hall–Kier alpha value is -1.58. The molecule has 1 aromatic rings. The smallest absolute Gasteiger partial charge is 0.262 e. The quantitative estimate of drug-likeness (QED) is 0.403. The number of amides is 1. The number of ether oxygens (including phenoxy) is 1. The summed E-state index contributed by atoms with van der Waals surface area (Å²) in [5, 5.41) is 20.4. The van der Waals surface area contributed by atoms with Crippen molar-refractivity contribution in [2.24, 2.45) is 0 Å². The molecule has 0 aromatic heterocycles. The maximum atomic E-state index is 11.9. The van der Waals surface area contributed by atoms with Gasteiger partial charge in [0.05, 0.1) is 8.04 Å². The van der Waals surface area contributed by atoms with Crippen LogP contribution in [-0.4, -0.2) is 18.6 Å². The summed E-state index contributed by atoms with van der Waals surface area (Å²) in [5.74, 6) is 0.151. The highest BCUT2D eigenvalue weighted by atomic mass is 127. The minimum atomic E-state index is -0.409. The zero-order chi connectivity index (χ0) is 16.7. The van der Waals surface area contributed by atoms with Crippen molar-refractivity contribution in [3.05, 3.63) is 31.3 Å². The first kappa shape index (κ1) is 18.5. The Bertz CT molecular complexity index is 664. The molecule has 0 heterocycles. The summed E-state index contributed by atoms with van der Waals surface area (Å²) in [7, 11) is 0. The summed E-state index contributed by atoms with van der Waals surface area (Å²) in [6.45, 7) is 3.60. The van der Waals surface area contributed by atoms with Crippen molar-refractivity contribution in [3.63, 3.8) is 0 Å². The third-order valence-corrected chi connectivity index (χ3v) is 3.79. The molecule has 7 heteroatoms. The number of halogens is 2. The van der Waals surface area contributed by atoms with Gasteiger partial charge >= 0.3 is 0 Å². The molecule has 0 aliphatic rings. The van der Waals surface area contributed by atoms with Crippen molar-refractivity contribution in [3.8, 4) is 17.9 Å². The number of nitrogens with one attached hydrogen (secondary N) is 1. The standard InChI is InChI=1S/C15H13BrIN3O2/c1-9(2)20-15(21)11(8-19)5-10-6-12(16)14(13(17)7-10)22-4-3-18/h5-7,9H,4H2,1-2H3,(H,20,21)/b11-5-. The fourth-order valence-corrected chi connectivity index (χ4v) is 3.33. The number of carbonyl (C=O) groups excluding carboxylic acids is 1. The second-order valence-electron chi connectivity index (χ2n) is 4.56. The fourth-order valence-electron chi connectivity index (χ4n) is 1.56. The molecule has 0 saturated carbocycles. The van der Waals surface area contributed by atoms with Crippen molar-refractivity contribution in [1.82, 2.24) is 5.32 Å². The number of nitrogens with zero attached hydrogens (tertiary/aromatic N) is 2. The molecule has 0 aliphatic heterocycles. The molecule has 22 heavy (non-hydrogen) atoms. The van der Waals surface area contributed by atoms with E-state index < -0.39 is 5.91 Å². The number of rotatable bonds is 5. The van der Waals surface area contributed by atoms with E-state index in [0.29, 0.717) is 15.8 Å². The predicted molar refractivity (Wildman–Crippen MR) is 94.8 cm³/mol. The molecule has 114 valence electrons. The predicted octanol–water partition coefficient (Wildman–Crippen LogP) is 3.39. The molecule has 0 aliphatic carbocycles. The molecule has 1 aromatic carbocycles. The lowest BCUT2D eigenvalue weighted by Gasteiger charge is -2.10. The van der Waals surface area contributed by atoms with Gasteiger partial charge in [0, 0.05) is 6.04 Å². The lowest BCUT2D eigenvalue weighted by Crippen LogP contribution is -2.30. The fraction of sp³-hybridized carbons (Fsp3) is 0.267. The van der Waals surface area contributed by atoms with Gasteiger partial charge in [-0.05, 0) is 76.1 Å². The summed E-state index contributed by atoms with van der Waals surface area (Å²) < 4.78 is 6.75. The number of hydrogen-bond acceptors (Lipinski definition) is 4. The van der Waals surface area contributed by atoms with Crippen LogP contribution in [0.2, 0.25) is 0 Å². The normalized spacial score (nSPS) is 10.8. The van der Waals surface area contributed by atoms with Crippen LogP contribution in [0.1, 0.15) is 19.4 Å². The van der Waals surface area contributed by atoms with Crippen LogP contribution >= 0.6 is 38.5 Å². The Kier molecular flexibility index (Phi) is 7.36. The van der Waals surface area contributed by atoms with Gasteiger partial charge in [0.2, 0.25) is 0 Å². The van der Waals surface area contributed by atoms with Crippen LogP contribution in [0.4, 0.5) is 0 Å². The van der Waals surface area contributed by atoms with Crippen molar-refractivity contribution < 1.29 is 9.53 Å². The Morgan fingerprint density at radius 2 is 2.18 bits per heavy atom. The van der Waals surface area contributed by atoms with Crippen molar-refractivity contribution >= 4 is 50.5 Å². The van der Waals surface area contributed by atoms with Crippen LogP contribution in [-0.2, 0) is 4.79 Å². The van der Waals surface area contributed by atoms with E-state index in [1.54, 1.807) is 12.1 Å². The maximum absolute atomic E-state index is 11.9. The molecule has 0 radical (unpaired) electrons. The SMILES string of the molecule is CC(C)NC(=O)/C(C#N)=C\c1cc(Br)c(OCC#N)c(I)c1. The molecule has 1 rings (SSSR count). The Morgan fingerprint density at radius 1 is 1.50 bits per heavy atom. The number of hydrogen-bond donors (Lipinski definition) is 1. The second kappa shape index (κ2) is 8.76. The van der Waals surface area contributed by atoms with E-state index in [1.165, 1.54) is 6.08 Å². The Labute approximate surface area is 151 Å². The summed E-state index contributed by atoms with van der Waals surface area (Å²) in [6, 6.07) is 7.27. The minimum Gasteiger partial charge on any atom is -0.476 e. The summed E-state index contributed by atoms with van der Waals surface area (Å²) in [4.78, 5) is 11.9. The van der Waals surface area contributed by atoms with E-state index in [4.69, 9.17) is 15.3 Å². The molecule has 0 saturated heterocycles. The highest BCUT2D eigenvalue weighted by molar-refractivity contribution is 14.1. The van der Waals surface area contributed by atoms with Gasteiger partial charge in [-0.1, -0.05) is 0 Å². The summed E-state index contributed by atoms with van der Waals surface area (Å²) in [5.41, 5.74) is 0.720. The van der Waals surface area contributed by atoms with Crippen LogP contribution in [0, 0.1) is 26.2 Å². The van der Waals surface area contributed by atoms with Crippen LogP contribution in [0.5, 0.6) is 5.75 Å². The molecule has 0 atom stereocenters. The zero-order valence-electron chi connectivity index (χ0n) is 12.0. The average molecular weight is 474 g/mol. The van der Waals surface area contributed by atoms with Crippen molar-refractivity contribution in [2.45, 2.75) is 19.9 Å². The molecule has 5 nitrogen and oxygen atoms in total. The van der Waals surface area contributed by atoms with Crippen LogP contribution in [0.3, 0.4) is 0 Å². The molecular weight excluding hydrogens is 461 g/mol. The van der Waals surface area contributed by atoms with E-state index in [-0.39, 0.29) is 18.2 Å². The van der Waals surface area contributed by atoms with E-state index in [0.717, 1.165) is 3.57 Å². The van der Waals surface area contributed by atoms with Gasteiger partial charge in [0.1, 0.15) is 23.5 Å². The van der Waals surface area contributed by atoms with Gasteiger partial charge in [-0.2, -0.15) is 10.5 Å². The van der Waals surface area contributed by atoms with Gasteiger partial charge in [0.15, 0.2) is 6.61 Å². The monoisotopic (exact) mass is 473 g/mol. The van der Waals surface area contributed by atoms with E-state index in [9.17, 15) is 4.79 Å². The Balaban J connectivity index is 3.12. The van der Waals surface area contributed by atoms with E-state index >= 15 is 0 Å². The van der Waals surface area contributed by atoms with Gasteiger partial charge in [-0.15, -0.1) is 0 Å². The first-order valence-corrected chi connectivity index (χ1v) is 8.17. The van der Waals surface area contributed by atoms with Gasteiger partial charge < -0.3 is 10.1 Å². The number of carbonyl (C=O) groups is 1. The second-order valence-corrected chi connectivity index (χ2v) is 6.57. The van der Waals surface area contributed by atoms with Crippen molar-refractivity contribution in [2.75, 3.05) is 6.61 Å². The largest absolute Gasteiger partial charge is 0.476 e. The molecule has 0 spiro atoms. The third kappa shape index (κ3) is 5.32. The molecule has 0 unspecified atom stereocenters. The van der Waals surface area contributed by atoms with Gasteiger partial charge in [0.25, 0.3) is 5.91 Å². The Morgan fingerprint density at radius 3 is 2.68 bits per heavy atom. The summed E-state index contributed by atoms with van der Waals surface area (Å²) in [6.07, 6.45) is 1.51. The van der Waals surface area contributed by atoms with Crippen LogP contribution < -0.4 is 10.1 Å². The van der Waals surface area contributed by atoms with E-state index in [1.807, 2.05) is 26.0 Å². The van der Waals surface area contributed by atoms with Crippen LogP contribution in [0.25, 0.3) is 6.08 Å². The highest BCUT2D eigenvalue weighted by Gasteiger charge is 2.12. The minimum absolute atomic E-state index is 0.0297. The molecular formula is C15H13BrIN3O2. The lowest BCUT2D eigenvalue weighted by atomic mass is 10.1.